The molecule has 0 bridgehead atoms. The number of aromatic amines is 1. The van der Waals surface area contributed by atoms with Gasteiger partial charge in [-0.1, -0.05) is 21.6 Å². The SMILES string of the molecule is CSSCC1OC(OP(=O)(O)OP(=O)(O)OC[C@@H](OCn2ccc(=O)[nH]c2=O)C(O)CO)[C@H](O)C(O)C1O. The first-order valence-electron chi connectivity index (χ1n) is 10.4. The number of phosphoric ester groups is 2. The molecule has 1 saturated heterocycles. The van der Waals surface area contributed by atoms with Crippen LogP contribution in [0.4, 0.5) is 0 Å². The van der Waals surface area contributed by atoms with Crippen molar-refractivity contribution in [3.05, 3.63) is 33.1 Å². The van der Waals surface area contributed by atoms with E-state index in [0.29, 0.717) is 0 Å². The van der Waals surface area contributed by atoms with Crippen molar-refractivity contribution in [3.8, 4) is 0 Å². The second kappa shape index (κ2) is 14.8. The molecular weight excluding hydrogens is 602 g/mol. The second-order valence-electron chi connectivity index (χ2n) is 7.55. The van der Waals surface area contributed by atoms with Gasteiger partial charge in [-0.25, -0.2) is 13.9 Å². The zero-order valence-electron chi connectivity index (χ0n) is 19.5. The van der Waals surface area contributed by atoms with E-state index in [9.17, 15) is 54.0 Å². The van der Waals surface area contributed by atoms with E-state index in [4.69, 9.17) is 9.47 Å². The van der Waals surface area contributed by atoms with Gasteiger partial charge in [0.1, 0.15) is 37.3 Å². The highest BCUT2D eigenvalue weighted by Gasteiger charge is 2.48. The summed E-state index contributed by atoms with van der Waals surface area (Å²) >= 11 is 0. The van der Waals surface area contributed by atoms with Gasteiger partial charge in [-0.2, -0.15) is 4.31 Å². The lowest BCUT2D eigenvalue weighted by Gasteiger charge is -2.40. The first kappa shape index (κ1) is 33.6. The summed E-state index contributed by atoms with van der Waals surface area (Å²) in [7, 11) is -8.52. The second-order valence-corrected chi connectivity index (χ2v) is 13.2. The molecule has 0 saturated carbocycles. The van der Waals surface area contributed by atoms with Crippen molar-refractivity contribution < 1.29 is 67.3 Å². The summed E-state index contributed by atoms with van der Waals surface area (Å²) in [5, 5.41) is 49.1. The molecule has 2 rings (SSSR count). The van der Waals surface area contributed by atoms with Gasteiger partial charge in [0.2, 0.25) is 0 Å². The maximum atomic E-state index is 12.3. The molecule has 0 aromatic carbocycles. The standard InChI is InChI=1S/C16H28N2O16P2S2/c1-37-38-6-10-12(22)13(23)14(24)15(32-10)33-36(28,29)34-35(26,27)31-5-9(8(20)4-19)30-7-18-3-2-11(21)17-16(18)25/h2-3,8-10,12-15,19-20,22-24H,4-7H2,1H3,(H,26,27)(H,28,29)(H,17,21,25)/t8?,9-,10?,12?,13?,14-,15?/m1/s1. The number of aliphatic hydroxyl groups is 5. The van der Waals surface area contributed by atoms with Crippen molar-refractivity contribution in [2.75, 3.05) is 25.2 Å². The Kier molecular flexibility index (Phi) is 13.1. The van der Waals surface area contributed by atoms with Gasteiger partial charge >= 0.3 is 21.3 Å². The van der Waals surface area contributed by atoms with Crippen LogP contribution in [-0.2, 0) is 38.7 Å². The smallest absolute Gasteiger partial charge is 0.394 e. The molecule has 1 aliphatic heterocycles. The summed E-state index contributed by atoms with van der Waals surface area (Å²) in [6.45, 7) is -2.55. The van der Waals surface area contributed by atoms with Crippen LogP contribution in [0.15, 0.2) is 21.9 Å². The number of hydrogen-bond donors (Lipinski definition) is 8. The summed E-state index contributed by atoms with van der Waals surface area (Å²) in [6.07, 6.45) is -9.22. The third kappa shape index (κ3) is 10.1. The highest BCUT2D eigenvalue weighted by molar-refractivity contribution is 8.76. The van der Waals surface area contributed by atoms with E-state index < -0.39 is 89.8 Å². The van der Waals surface area contributed by atoms with Crippen LogP contribution in [-0.4, -0.2) is 113 Å². The average molecular weight is 630 g/mol. The molecule has 0 aliphatic carbocycles. The van der Waals surface area contributed by atoms with Gasteiger partial charge in [0, 0.05) is 18.0 Å². The van der Waals surface area contributed by atoms with Crippen LogP contribution < -0.4 is 11.2 Å². The van der Waals surface area contributed by atoms with Gasteiger partial charge in [0.05, 0.1) is 19.3 Å². The minimum Gasteiger partial charge on any atom is -0.394 e. The topological polar surface area (TPSA) is 277 Å². The fraction of sp³-hybridized carbons (Fsp3) is 0.750. The number of nitrogens with one attached hydrogen (secondary N) is 1. The molecule has 9 atom stereocenters. The lowest BCUT2D eigenvalue weighted by molar-refractivity contribution is -0.270. The Bertz CT molecular complexity index is 1110. The Labute approximate surface area is 222 Å². The summed E-state index contributed by atoms with van der Waals surface area (Å²) in [6, 6.07) is 0.990. The van der Waals surface area contributed by atoms with Crippen molar-refractivity contribution in [2.45, 2.75) is 49.6 Å². The lowest BCUT2D eigenvalue weighted by atomic mass is 10.0. The van der Waals surface area contributed by atoms with E-state index in [-0.39, 0.29) is 5.75 Å². The van der Waals surface area contributed by atoms with Gasteiger partial charge in [0.25, 0.3) is 5.56 Å². The number of aromatic nitrogens is 2. The highest BCUT2D eigenvalue weighted by Crippen LogP contribution is 2.61. The van der Waals surface area contributed by atoms with Crippen molar-refractivity contribution in [2.24, 2.45) is 0 Å². The molecule has 8 N–H and O–H groups in total. The van der Waals surface area contributed by atoms with Crippen molar-refractivity contribution in [1.82, 2.24) is 9.55 Å². The van der Waals surface area contributed by atoms with Crippen LogP contribution >= 0.6 is 37.2 Å². The minimum atomic E-state index is -5.54. The number of aliphatic hydroxyl groups excluding tert-OH is 5. The van der Waals surface area contributed by atoms with Gasteiger partial charge in [-0.15, -0.1) is 0 Å². The number of nitrogens with zero attached hydrogens (tertiary/aromatic N) is 1. The molecule has 0 radical (unpaired) electrons. The third-order valence-electron chi connectivity index (χ3n) is 4.80. The predicted octanol–water partition coefficient (Wildman–Crippen LogP) is -2.70. The normalized spacial score (nSPS) is 28.8. The molecule has 22 heteroatoms. The van der Waals surface area contributed by atoms with E-state index >= 15 is 0 Å². The fourth-order valence-corrected chi connectivity index (χ4v) is 6.37. The van der Waals surface area contributed by atoms with E-state index in [1.807, 2.05) is 4.98 Å². The van der Waals surface area contributed by atoms with Crippen LogP contribution in [0, 0.1) is 0 Å². The van der Waals surface area contributed by atoms with Crippen LogP contribution in [0.25, 0.3) is 0 Å². The number of H-pyrrole nitrogens is 1. The number of phosphoric acid groups is 2. The molecular formula is C16H28N2O16P2S2. The predicted molar refractivity (Wildman–Crippen MR) is 130 cm³/mol. The van der Waals surface area contributed by atoms with E-state index in [2.05, 4.69) is 13.4 Å². The van der Waals surface area contributed by atoms with Crippen molar-refractivity contribution in [1.29, 1.82) is 0 Å². The maximum Gasteiger partial charge on any atom is 0.483 e. The minimum absolute atomic E-state index is 0.0733. The van der Waals surface area contributed by atoms with Crippen molar-refractivity contribution in [3.63, 3.8) is 0 Å². The highest BCUT2D eigenvalue weighted by atomic mass is 33.1. The molecule has 1 aromatic heterocycles. The van der Waals surface area contributed by atoms with Crippen LogP contribution in [0.5, 0.6) is 0 Å². The van der Waals surface area contributed by atoms with Crippen LogP contribution in [0.1, 0.15) is 0 Å². The zero-order chi connectivity index (χ0) is 28.7. The van der Waals surface area contributed by atoms with Gasteiger partial charge in [-0.05, 0) is 6.26 Å². The third-order valence-corrected chi connectivity index (χ3v) is 9.22. The molecule has 7 unspecified atom stereocenters. The molecule has 18 nitrogen and oxygen atoms in total. The number of hydrogen-bond acceptors (Lipinski definition) is 16. The number of rotatable bonds is 15. The van der Waals surface area contributed by atoms with Crippen LogP contribution in [0.3, 0.4) is 0 Å². The molecule has 1 fully saturated rings. The van der Waals surface area contributed by atoms with Gasteiger partial charge < -0.3 is 44.8 Å². The summed E-state index contributed by atoms with van der Waals surface area (Å²) in [5.41, 5.74) is -1.58. The zero-order valence-corrected chi connectivity index (χ0v) is 22.9. The Morgan fingerprint density at radius 3 is 2.45 bits per heavy atom. The lowest BCUT2D eigenvalue weighted by Crippen LogP contribution is -2.58. The Balaban J connectivity index is 2.01. The average Bonchev–Trinajstić information content (AvgIpc) is 2.83. The van der Waals surface area contributed by atoms with Crippen molar-refractivity contribution >= 4 is 37.2 Å². The molecule has 38 heavy (non-hydrogen) atoms. The van der Waals surface area contributed by atoms with Gasteiger partial charge in [-0.3, -0.25) is 23.4 Å². The van der Waals surface area contributed by atoms with E-state index in [0.717, 1.165) is 16.8 Å². The Morgan fingerprint density at radius 1 is 1.16 bits per heavy atom. The largest absolute Gasteiger partial charge is 0.483 e. The van der Waals surface area contributed by atoms with Gasteiger partial charge in [0.15, 0.2) is 6.29 Å². The molecule has 220 valence electrons. The quantitative estimate of drug-likeness (QED) is 0.0723. The summed E-state index contributed by atoms with van der Waals surface area (Å²) in [5.74, 6) is 0.0733. The summed E-state index contributed by atoms with van der Waals surface area (Å²) < 4.78 is 49.1. The molecule has 0 spiro atoms. The molecule has 2 heterocycles. The molecule has 0 amide bonds. The maximum absolute atomic E-state index is 12.3. The number of ether oxygens (including phenoxy) is 2. The first-order valence-corrected chi connectivity index (χ1v) is 16.2. The van der Waals surface area contributed by atoms with E-state index in [1.165, 1.54) is 21.6 Å². The Morgan fingerprint density at radius 2 is 1.84 bits per heavy atom. The van der Waals surface area contributed by atoms with E-state index in [1.54, 1.807) is 6.26 Å². The molecule has 1 aromatic rings. The van der Waals surface area contributed by atoms with Crippen LogP contribution in [0.2, 0.25) is 0 Å². The molecule has 1 aliphatic rings. The summed E-state index contributed by atoms with van der Waals surface area (Å²) in [4.78, 5) is 44.6. The fourth-order valence-electron chi connectivity index (χ4n) is 2.86. The Hall–Kier alpha value is -0.640. The monoisotopic (exact) mass is 630 g/mol. The first-order chi connectivity index (χ1) is 17.7.